The number of hydrogen-bond acceptors (Lipinski definition) is 5. The van der Waals surface area contributed by atoms with E-state index in [1.807, 2.05) is 32.0 Å². The molecule has 0 heterocycles. The Bertz CT molecular complexity index is 1120. The largest absolute Gasteiger partial charge is 0.497 e. The van der Waals surface area contributed by atoms with Gasteiger partial charge < -0.3 is 25.0 Å². The molecule has 2 atom stereocenters. The number of nitrogens with one attached hydrogen (secondary N) is 2. The molecular formula is C32H47N3O5. The third kappa shape index (κ3) is 10.2. The van der Waals surface area contributed by atoms with Crippen LogP contribution in [0.25, 0.3) is 0 Å². The van der Waals surface area contributed by atoms with Gasteiger partial charge in [-0.25, -0.2) is 4.79 Å². The number of carbonyl (C=O) groups excluding carboxylic acids is 3. The molecule has 0 saturated heterocycles. The number of hydrogen-bond donors (Lipinski definition) is 2. The highest BCUT2D eigenvalue weighted by Crippen LogP contribution is 2.29. The Balaban J connectivity index is 2.45. The summed E-state index contributed by atoms with van der Waals surface area (Å²) in [6, 6.07) is 11.1. The lowest BCUT2D eigenvalue weighted by Gasteiger charge is -2.34. The fourth-order valence-corrected chi connectivity index (χ4v) is 4.52. The summed E-state index contributed by atoms with van der Waals surface area (Å²) in [6.07, 6.45) is 4.27. The Hall–Kier alpha value is -3.55. The zero-order valence-corrected chi connectivity index (χ0v) is 25.4. The van der Waals surface area contributed by atoms with Crippen molar-refractivity contribution in [1.82, 2.24) is 10.2 Å². The van der Waals surface area contributed by atoms with Gasteiger partial charge in [0.1, 0.15) is 23.4 Å². The van der Waals surface area contributed by atoms with Crippen molar-refractivity contribution in [2.75, 3.05) is 19.0 Å². The van der Waals surface area contributed by atoms with Gasteiger partial charge in [0.05, 0.1) is 7.11 Å². The molecule has 0 aliphatic heterocycles. The van der Waals surface area contributed by atoms with Crippen molar-refractivity contribution < 1.29 is 23.9 Å². The number of amides is 3. The minimum Gasteiger partial charge on any atom is -0.497 e. The monoisotopic (exact) mass is 553 g/mol. The second kappa shape index (κ2) is 15.3. The molecular weight excluding hydrogens is 506 g/mol. The van der Waals surface area contributed by atoms with Gasteiger partial charge in [0.15, 0.2) is 0 Å². The number of anilines is 1. The van der Waals surface area contributed by atoms with Crippen LogP contribution in [0.2, 0.25) is 0 Å². The van der Waals surface area contributed by atoms with E-state index in [4.69, 9.17) is 9.47 Å². The molecule has 0 radical (unpaired) electrons. The summed E-state index contributed by atoms with van der Waals surface area (Å²) in [5, 5.41) is 5.65. The van der Waals surface area contributed by atoms with Crippen LogP contribution in [0.5, 0.6) is 5.75 Å². The van der Waals surface area contributed by atoms with E-state index in [0.717, 1.165) is 48.8 Å². The van der Waals surface area contributed by atoms with Gasteiger partial charge in [-0.2, -0.15) is 0 Å². The van der Waals surface area contributed by atoms with E-state index in [1.54, 1.807) is 64.0 Å². The molecule has 220 valence electrons. The standard InChI is InChI=1S/C32H47N3O5/c1-9-10-11-12-13-20-35(30(37)24(4)33-31(38)40-32(5,6)7)28(27-19-14-22(2)21-23(27)3)29(36)34-25-15-17-26(39-8)18-16-25/h14-19,21,24,28H,9-13,20H2,1-8H3,(H,33,38)(H,34,36). The molecule has 0 aliphatic rings. The third-order valence-corrected chi connectivity index (χ3v) is 6.53. The van der Waals surface area contributed by atoms with Crippen molar-refractivity contribution in [3.05, 3.63) is 59.2 Å². The summed E-state index contributed by atoms with van der Waals surface area (Å²) in [7, 11) is 1.58. The molecule has 2 aromatic rings. The molecule has 2 rings (SSSR count). The molecule has 0 fully saturated rings. The third-order valence-electron chi connectivity index (χ3n) is 6.53. The van der Waals surface area contributed by atoms with E-state index >= 15 is 0 Å². The topological polar surface area (TPSA) is 97.0 Å². The first-order valence-corrected chi connectivity index (χ1v) is 14.2. The summed E-state index contributed by atoms with van der Waals surface area (Å²) in [5.74, 6) is -0.00504. The van der Waals surface area contributed by atoms with E-state index in [-0.39, 0.29) is 11.8 Å². The maximum Gasteiger partial charge on any atom is 0.408 e. The van der Waals surface area contributed by atoms with Gasteiger partial charge in [0.2, 0.25) is 5.91 Å². The Morgan fingerprint density at radius 1 is 0.950 bits per heavy atom. The lowest BCUT2D eigenvalue weighted by atomic mass is 9.96. The molecule has 2 N–H and O–H groups in total. The predicted molar refractivity (Wildman–Crippen MR) is 160 cm³/mol. The average molecular weight is 554 g/mol. The maximum atomic E-state index is 14.0. The Labute approximate surface area is 239 Å². The van der Waals surface area contributed by atoms with Crippen LogP contribution in [0, 0.1) is 13.8 Å². The van der Waals surface area contributed by atoms with Crippen LogP contribution in [-0.4, -0.2) is 48.1 Å². The molecule has 0 aliphatic carbocycles. The van der Waals surface area contributed by atoms with E-state index in [2.05, 4.69) is 17.6 Å². The molecule has 3 amide bonds. The maximum absolute atomic E-state index is 14.0. The second-order valence-corrected chi connectivity index (χ2v) is 11.3. The minimum atomic E-state index is -0.899. The lowest BCUT2D eigenvalue weighted by Crippen LogP contribution is -2.51. The second-order valence-electron chi connectivity index (χ2n) is 11.3. The van der Waals surface area contributed by atoms with Gasteiger partial charge in [-0.05, 0) is 83.4 Å². The molecule has 40 heavy (non-hydrogen) atoms. The van der Waals surface area contributed by atoms with Crippen LogP contribution >= 0.6 is 0 Å². The number of aryl methyl sites for hydroxylation is 2. The minimum absolute atomic E-state index is 0.330. The van der Waals surface area contributed by atoms with E-state index in [1.165, 1.54) is 0 Å². The Kier molecular flexibility index (Phi) is 12.5. The predicted octanol–water partition coefficient (Wildman–Crippen LogP) is 6.70. The van der Waals surface area contributed by atoms with Crippen molar-refractivity contribution in [1.29, 1.82) is 0 Å². The van der Waals surface area contributed by atoms with Crippen LogP contribution < -0.4 is 15.4 Å². The number of nitrogens with zero attached hydrogens (tertiary/aromatic N) is 1. The quantitative estimate of drug-likeness (QED) is 0.269. The summed E-state index contributed by atoms with van der Waals surface area (Å²) in [6.45, 7) is 13.4. The first kappa shape index (κ1) is 32.7. The number of alkyl carbamates (subject to hydrolysis) is 1. The molecule has 0 saturated carbocycles. The summed E-state index contributed by atoms with van der Waals surface area (Å²) in [5.41, 5.74) is 2.60. The fraction of sp³-hybridized carbons (Fsp3) is 0.531. The summed E-state index contributed by atoms with van der Waals surface area (Å²) in [4.78, 5) is 42.0. The number of methoxy groups -OCH3 is 1. The first-order chi connectivity index (χ1) is 18.9. The van der Waals surface area contributed by atoms with Gasteiger partial charge in [-0.1, -0.05) is 56.4 Å². The highest BCUT2D eigenvalue weighted by Gasteiger charge is 2.35. The number of unbranched alkanes of at least 4 members (excludes halogenated alkanes) is 4. The van der Waals surface area contributed by atoms with Gasteiger partial charge in [-0.3, -0.25) is 9.59 Å². The van der Waals surface area contributed by atoms with Gasteiger partial charge in [0.25, 0.3) is 5.91 Å². The van der Waals surface area contributed by atoms with Crippen molar-refractivity contribution in [3.8, 4) is 5.75 Å². The molecule has 8 nitrogen and oxygen atoms in total. The van der Waals surface area contributed by atoms with Gasteiger partial charge in [-0.15, -0.1) is 0 Å². The zero-order chi connectivity index (χ0) is 29.9. The van der Waals surface area contributed by atoms with Crippen LogP contribution in [-0.2, 0) is 14.3 Å². The van der Waals surface area contributed by atoms with Gasteiger partial charge >= 0.3 is 6.09 Å². The Morgan fingerprint density at radius 2 is 1.60 bits per heavy atom. The molecule has 2 aromatic carbocycles. The number of carbonyl (C=O) groups is 3. The van der Waals surface area contributed by atoms with E-state index in [9.17, 15) is 14.4 Å². The summed E-state index contributed by atoms with van der Waals surface area (Å²) < 4.78 is 10.6. The fourth-order valence-electron chi connectivity index (χ4n) is 4.52. The van der Waals surface area contributed by atoms with E-state index < -0.39 is 23.8 Å². The highest BCUT2D eigenvalue weighted by molar-refractivity contribution is 5.99. The van der Waals surface area contributed by atoms with Crippen LogP contribution in [0.15, 0.2) is 42.5 Å². The summed E-state index contributed by atoms with van der Waals surface area (Å²) >= 11 is 0. The van der Waals surface area contributed by atoms with E-state index in [0.29, 0.717) is 18.0 Å². The molecule has 2 unspecified atom stereocenters. The number of rotatable bonds is 13. The lowest BCUT2D eigenvalue weighted by molar-refractivity contribution is -0.140. The molecule has 0 bridgehead atoms. The Morgan fingerprint density at radius 3 is 2.17 bits per heavy atom. The smallest absolute Gasteiger partial charge is 0.408 e. The van der Waals surface area contributed by atoms with Crippen LogP contribution in [0.3, 0.4) is 0 Å². The SMILES string of the molecule is CCCCCCCN(C(=O)C(C)NC(=O)OC(C)(C)C)C(C(=O)Nc1ccc(OC)cc1)c1ccc(C)cc1C. The first-order valence-electron chi connectivity index (χ1n) is 14.2. The van der Waals surface area contributed by atoms with Crippen LogP contribution in [0.1, 0.15) is 89.5 Å². The molecule has 0 spiro atoms. The molecule has 0 aromatic heterocycles. The molecule has 8 heteroatoms. The van der Waals surface area contributed by atoms with Crippen molar-refractivity contribution in [3.63, 3.8) is 0 Å². The van der Waals surface area contributed by atoms with Gasteiger partial charge in [0, 0.05) is 12.2 Å². The highest BCUT2D eigenvalue weighted by atomic mass is 16.6. The van der Waals surface area contributed by atoms with Crippen molar-refractivity contribution >= 4 is 23.6 Å². The number of ether oxygens (including phenoxy) is 2. The number of benzene rings is 2. The zero-order valence-electron chi connectivity index (χ0n) is 25.4. The average Bonchev–Trinajstić information content (AvgIpc) is 2.87. The van der Waals surface area contributed by atoms with Crippen molar-refractivity contribution in [2.45, 2.75) is 98.3 Å². The van der Waals surface area contributed by atoms with Crippen LogP contribution in [0.4, 0.5) is 10.5 Å². The van der Waals surface area contributed by atoms with Crippen molar-refractivity contribution in [2.24, 2.45) is 0 Å². The normalized spacial score (nSPS) is 12.7.